The van der Waals surface area contributed by atoms with E-state index >= 15 is 0 Å². The van der Waals surface area contributed by atoms with Gasteiger partial charge in [-0.3, -0.25) is 9.59 Å². The van der Waals surface area contributed by atoms with E-state index in [4.69, 9.17) is 9.47 Å². The summed E-state index contributed by atoms with van der Waals surface area (Å²) in [6, 6.07) is 9.32. The van der Waals surface area contributed by atoms with E-state index in [1.165, 1.54) is 6.21 Å². The lowest BCUT2D eigenvalue weighted by Crippen LogP contribution is -2.21. The topological polar surface area (TPSA) is 89.0 Å². The minimum absolute atomic E-state index is 0.0330. The number of carbonyl (C=O) groups excluding carboxylic acids is 2. The fourth-order valence-electron chi connectivity index (χ4n) is 2.83. The summed E-state index contributed by atoms with van der Waals surface area (Å²) in [7, 11) is 1.57. The maximum Gasteiger partial charge on any atom is 0.240 e. The lowest BCUT2D eigenvalue weighted by atomic mass is 10.1. The Labute approximate surface area is 197 Å². The molecule has 0 atom stereocenters. The number of ether oxygens (including phenoxy) is 2. The molecule has 0 unspecified atom stereocenters. The number of amides is 2. The van der Waals surface area contributed by atoms with Crippen molar-refractivity contribution in [2.75, 3.05) is 19.0 Å². The molecule has 0 saturated heterocycles. The van der Waals surface area contributed by atoms with Crippen molar-refractivity contribution in [2.45, 2.75) is 46.5 Å². The first-order valence-corrected chi connectivity index (χ1v) is 11.3. The highest BCUT2D eigenvalue weighted by molar-refractivity contribution is 9.10. The van der Waals surface area contributed by atoms with Gasteiger partial charge >= 0.3 is 0 Å². The fourth-order valence-corrected chi connectivity index (χ4v) is 3.41. The molecule has 2 N–H and O–H groups in total. The zero-order valence-corrected chi connectivity index (χ0v) is 20.5. The Morgan fingerprint density at radius 3 is 2.62 bits per heavy atom. The normalized spacial score (nSPS) is 10.8. The molecule has 0 bridgehead atoms. The van der Waals surface area contributed by atoms with Gasteiger partial charge in [-0.25, -0.2) is 5.43 Å². The highest BCUT2D eigenvalue weighted by atomic mass is 79.9. The quantitative estimate of drug-likeness (QED) is 0.253. The van der Waals surface area contributed by atoms with Crippen molar-refractivity contribution in [3.05, 3.63) is 51.5 Å². The zero-order chi connectivity index (χ0) is 23.5. The smallest absolute Gasteiger partial charge is 0.240 e. The molecule has 2 aromatic carbocycles. The molecule has 2 amide bonds. The van der Waals surface area contributed by atoms with Crippen molar-refractivity contribution in [1.29, 1.82) is 0 Å². The molecule has 172 valence electrons. The molecule has 0 saturated carbocycles. The first-order chi connectivity index (χ1) is 15.3. The minimum atomic E-state index is -0.345. The summed E-state index contributed by atoms with van der Waals surface area (Å²) >= 11 is 3.49. The van der Waals surface area contributed by atoms with E-state index in [-0.39, 0.29) is 24.7 Å². The average molecular weight is 504 g/mol. The Morgan fingerprint density at radius 2 is 1.91 bits per heavy atom. The summed E-state index contributed by atoms with van der Waals surface area (Å²) in [5.41, 5.74) is 6.04. The third kappa shape index (κ3) is 7.67. The van der Waals surface area contributed by atoms with Gasteiger partial charge in [0, 0.05) is 18.5 Å². The van der Waals surface area contributed by atoms with Crippen LogP contribution in [0.1, 0.15) is 49.3 Å². The van der Waals surface area contributed by atoms with Crippen molar-refractivity contribution in [3.8, 4) is 11.5 Å². The second-order valence-electron chi connectivity index (χ2n) is 7.32. The number of aryl methyl sites for hydroxylation is 1. The predicted octanol–water partition coefficient (Wildman–Crippen LogP) is 5.12. The van der Waals surface area contributed by atoms with Crippen molar-refractivity contribution in [3.63, 3.8) is 0 Å². The molecular weight excluding hydrogens is 474 g/mol. The summed E-state index contributed by atoms with van der Waals surface area (Å²) in [5.74, 6) is 0.649. The molecule has 7 nitrogen and oxygen atoms in total. The van der Waals surface area contributed by atoms with E-state index in [2.05, 4.69) is 38.7 Å². The Hall–Kier alpha value is -2.87. The summed E-state index contributed by atoms with van der Waals surface area (Å²) in [6.07, 6.45) is 3.60. The van der Waals surface area contributed by atoms with Crippen molar-refractivity contribution in [2.24, 2.45) is 5.10 Å². The first kappa shape index (κ1) is 25.4. The Morgan fingerprint density at radius 1 is 1.16 bits per heavy atom. The van der Waals surface area contributed by atoms with Gasteiger partial charge in [0.05, 0.1) is 24.4 Å². The largest absolute Gasteiger partial charge is 0.493 e. The third-order valence-corrected chi connectivity index (χ3v) is 5.45. The average Bonchev–Trinajstić information content (AvgIpc) is 2.76. The molecule has 0 radical (unpaired) electrons. The Kier molecular flexibility index (Phi) is 10.2. The molecule has 0 fully saturated rings. The lowest BCUT2D eigenvalue weighted by molar-refractivity contribution is -0.124. The molecule has 32 heavy (non-hydrogen) atoms. The Bertz CT molecular complexity index is 976. The molecule has 0 aliphatic heterocycles. The van der Waals surface area contributed by atoms with E-state index in [1.54, 1.807) is 13.2 Å². The van der Waals surface area contributed by atoms with Crippen molar-refractivity contribution < 1.29 is 19.1 Å². The number of halogens is 1. The first-order valence-electron chi connectivity index (χ1n) is 10.5. The highest BCUT2D eigenvalue weighted by Gasteiger charge is 2.12. The van der Waals surface area contributed by atoms with Crippen LogP contribution in [0.2, 0.25) is 0 Å². The van der Waals surface area contributed by atoms with Gasteiger partial charge in [0.2, 0.25) is 11.8 Å². The maximum atomic E-state index is 12.1. The van der Waals surface area contributed by atoms with Crippen LogP contribution in [0, 0.1) is 13.8 Å². The molecule has 8 heteroatoms. The SMILES string of the molecule is CCCCOc1c(Br)cc(C=NNC(=O)CCC(=O)Nc2cccc(C)c2C)cc1OC. The monoisotopic (exact) mass is 503 g/mol. The zero-order valence-electron chi connectivity index (χ0n) is 19.0. The van der Waals surface area contributed by atoms with Gasteiger partial charge in [-0.15, -0.1) is 0 Å². The van der Waals surface area contributed by atoms with E-state index in [1.807, 2.05) is 38.1 Å². The number of hydrogen-bond acceptors (Lipinski definition) is 5. The van der Waals surface area contributed by atoms with E-state index in [0.29, 0.717) is 18.1 Å². The van der Waals surface area contributed by atoms with Crippen LogP contribution < -0.4 is 20.2 Å². The van der Waals surface area contributed by atoms with E-state index < -0.39 is 0 Å². The van der Waals surface area contributed by atoms with Crippen molar-refractivity contribution in [1.82, 2.24) is 5.43 Å². The standard InChI is InChI=1S/C24H30BrN3O4/c1-5-6-12-32-24-19(25)13-18(14-21(24)31-4)15-26-28-23(30)11-10-22(29)27-20-9-7-8-16(2)17(20)3/h7-9,13-15H,5-6,10-12H2,1-4H3,(H,27,29)(H,28,30). The van der Waals surface area contributed by atoms with E-state index in [0.717, 1.165) is 39.7 Å². The summed E-state index contributed by atoms with van der Waals surface area (Å²) < 4.78 is 11.9. The second-order valence-corrected chi connectivity index (χ2v) is 8.18. The maximum absolute atomic E-state index is 12.1. The fraction of sp³-hybridized carbons (Fsp3) is 0.375. The van der Waals surface area contributed by atoms with Gasteiger partial charge in [-0.05, 0) is 71.1 Å². The van der Waals surface area contributed by atoms with Crippen LogP contribution in [-0.2, 0) is 9.59 Å². The predicted molar refractivity (Wildman–Crippen MR) is 131 cm³/mol. The molecule has 0 aliphatic rings. The molecule has 0 aromatic heterocycles. The molecule has 0 spiro atoms. The van der Waals surface area contributed by atoms with Gasteiger partial charge in [0.15, 0.2) is 11.5 Å². The number of carbonyl (C=O) groups is 2. The van der Waals surface area contributed by atoms with Crippen LogP contribution in [0.15, 0.2) is 39.9 Å². The number of methoxy groups -OCH3 is 1. The minimum Gasteiger partial charge on any atom is -0.493 e. The van der Waals surface area contributed by atoms with Gasteiger partial charge < -0.3 is 14.8 Å². The number of hydrazone groups is 1. The van der Waals surface area contributed by atoms with Gasteiger partial charge in [-0.1, -0.05) is 25.5 Å². The molecular formula is C24H30BrN3O4. The third-order valence-electron chi connectivity index (χ3n) is 4.86. The molecule has 0 heterocycles. The van der Waals surface area contributed by atoms with Crippen LogP contribution in [-0.4, -0.2) is 31.7 Å². The van der Waals surface area contributed by atoms with Crippen LogP contribution in [0.25, 0.3) is 0 Å². The van der Waals surface area contributed by atoms with Gasteiger partial charge in [-0.2, -0.15) is 5.10 Å². The number of hydrogen-bond donors (Lipinski definition) is 2. The second kappa shape index (κ2) is 12.9. The number of nitrogens with zero attached hydrogens (tertiary/aromatic N) is 1. The molecule has 0 aliphatic carbocycles. The number of anilines is 1. The van der Waals surface area contributed by atoms with Crippen LogP contribution in [0.4, 0.5) is 5.69 Å². The van der Waals surface area contributed by atoms with Crippen LogP contribution in [0.5, 0.6) is 11.5 Å². The van der Waals surface area contributed by atoms with Gasteiger partial charge in [0.1, 0.15) is 0 Å². The number of rotatable bonds is 11. The number of unbranched alkanes of at least 4 members (excludes halogenated alkanes) is 1. The highest BCUT2D eigenvalue weighted by Crippen LogP contribution is 2.36. The van der Waals surface area contributed by atoms with Gasteiger partial charge in [0.25, 0.3) is 0 Å². The lowest BCUT2D eigenvalue weighted by Gasteiger charge is -2.13. The summed E-state index contributed by atoms with van der Waals surface area (Å²) in [4.78, 5) is 24.2. The van der Waals surface area contributed by atoms with Crippen molar-refractivity contribution >= 4 is 39.6 Å². The van der Waals surface area contributed by atoms with E-state index in [9.17, 15) is 9.59 Å². The Balaban J connectivity index is 1.86. The molecule has 2 aromatic rings. The number of nitrogens with one attached hydrogen (secondary N) is 2. The van der Waals surface area contributed by atoms with Crippen LogP contribution >= 0.6 is 15.9 Å². The summed E-state index contributed by atoms with van der Waals surface area (Å²) in [6.45, 7) is 6.63. The molecule has 2 rings (SSSR count). The number of benzene rings is 2. The van der Waals surface area contributed by atoms with Crippen LogP contribution in [0.3, 0.4) is 0 Å². The summed E-state index contributed by atoms with van der Waals surface area (Å²) in [5, 5.41) is 6.82.